The van der Waals surface area contributed by atoms with Gasteiger partial charge in [0.15, 0.2) is 0 Å². The van der Waals surface area contributed by atoms with Crippen LogP contribution in [0.2, 0.25) is 0 Å². The van der Waals surface area contributed by atoms with Gasteiger partial charge in [0, 0.05) is 25.1 Å². The molecule has 2 aliphatic rings. The van der Waals surface area contributed by atoms with Crippen molar-refractivity contribution in [1.29, 1.82) is 0 Å². The molecule has 1 aliphatic carbocycles. The number of fused-ring (bicyclic) bond motifs is 1. The van der Waals surface area contributed by atoms with E-state index in [1.807, 2.05) is 0 Å². The fraction of sp³-hybridized carbons (Fsp3) is 0.571. The van der Waals surface area contributed by atoms with Crippen LogP contribution in [-0.4, -0.2) is 25.3 Å². The summed E-state index contributed by atoms with van der Waals surface area (Å²) in [6.45, 7) is 4.19. The molecule has 16 heavy (non-hydrogen) atoms. The molecule has 1 aromatic rings. The molecule has 1 aliphatic heterocycles. The van der Waals surface area contributed by atoms with Gasteiger partial charge in [0.05, 0.1) is 6.10 Å². The molecule has 0 bridgehead atoms. The third kappa shape index (κ3) is 1.76. The van der Waals surface area contributed by atoms with E-state index in [0.29, 0.717) is 12.1 Å². The third-order valence-electron chi connectivity index (χ3n) is 3.96. The molecule has 0 saturated carbocycles. The maximum atomic E-state index is 5.56. The van der Waals surface area contributed by atoms with Gasteiger partial charge in [-0.1, -0.05) is 24.3 Å². The van der Waals surface area contributed by atoms with Crippen molar-refractivity contribution in [3.63, 3.8) is 0 Å². The Morgan fingerprint density at radius 1 is 1.38 bits per heavy atom. The zero-order chi connectivity index (χ0) is 11.0. The Morgan fingerprint density at radius 3 is 3.00 bits per heavy atom. The first kappa shape index (κ1) is 10.3. The smallest absolute Gasteiger partial charge is 0.0700 e. The number of ether oxygens (including phenoxy) is 1. The average molecular weight is 217 g/mol. The first-order chi connectivity index (χ1) is 7.84. The molecule has 2 heteroatoms. The minimum absolute atomic E-state index is 0.385. The van der Waals surface area contributed by atoms with Gasteiger partial charge in [0.2, 0.25) is 0 Å². The van der Waals surface area contributed by atoms with Crippen molar-refractivity contribution in [2.75, 3.05) is 13.2 Å². The lowest BCUT2D eigenvalue weighted by Gasteiger charge is -2.31. The van der Waals surface area contributed by atoms with E-state index in [0.717, 1.165) is 25.5 Å². The van der Waals surface area contributed by atoms with E-state index in [9.17, 15) is 0 Å². The molecule has 1 saturated heterocycles. The van der Waals surface area contributed by atoms with Crippen LogP contribution in [0.15, 0.2) is 24.3 Å². The minimum atomic E-state index is 0.385. The highest BCUT2D eigenvalue weighted by Crippen LogP contribution is 2.34. The fourth-order valence-electron chi connectivity index (χ4n) is 2.84. The Labute approximate surface area is 97.0 Å². The summed E-state index contributed by atoms with van der Waals surface area (Å²) in [7, 11) is 0. The summed E-state index contributed by atoms with van der Waals surface area (Å²) in [5, 5.41) is 3.65. The second-order valence-electron chi connectivity index (χ2n) is 4.98. The average Bonchev–Trinajstić information content (AvgIpc) is 2.66. The van der Waals surface area contributed by atoms with Crippen LogP contribution in [0, 0.1) is 0 Å². The molecule has 2 nitrogen and oxygen atoms in total. The molecule has 3 rings (SSSR count). The molecule has 0 amide bonds. The molecule has 1 fully saturated rings. The zero-order valence-electron chi connectivity index (χ0n) is 9.78. The fourth-order valence-corrected chi connectivity index (χ4v) is 2.84. The maximum Gasteiger partial charge on any atom is 0.0700 e. The minimum Gasteiger partial charge on any atom is -0.377 e. The van der Waals surface area contributed by atoms with Crippen LogP contribution in [-0.2, 0) is 11.2 Å². The number of hydrogen-bond donors (Lipinski definition) is 1. The normalized spacial score (nSPS) is 32.2. The Kier molecular flexibility index (Phi) is 2.70. The van der Waals surface area contributed by atoms with E-state index in [2.05, 4.69) is 36.5 Å². The van der Waals surface area contributed by atoms with E-state index < -0.39 is 0 Å². The summed E-state index contributed by atoms with van der Waals surface area (Å²) in [6, 6.07) is 9.35. The number of hydrogen-bond acceptors (Lipinski definition) is 2. The lowest BCUT2D eigenvalue weighted by Crippen LogP contribution is -2.39. The highest BCUT2D eigenvalue weighted by Gasteiger charge is 2.28. The van der Waals surface area contributed by atoms with E-state index in [4.69, 9.17) is 4.74 Å². The van der Waals surface area contributed by atoms with Crippen molar-refractivity contribution < 1.29 is 4.74 Å². The second-order valence-corrected chi connectivity index (χ2v) is 4.98. The van der Waals surface area contributed by atoms with Gasteiger partial charge in [-0.25, -0.2) is 0 Å². The standard InChI is InChI=1S/C14H19NO/c1-10-14(6-7-16-10)15-9-12-8-11-4-2-3-5-13(11)12/h2-5,10,12,14-15H,6-9H2,1H3. The topological polar surface area (TPSA) is 21.3 Å². The number of benzene rings is 1. The van der Waals surface area contributed by atoms with Crippen LogP contribution < -0.4 is 5.32 Å². The van der Waals surface area contributed by atoms with Crippen LogP contribution in [0.4, 0.5) is 0 Å². The Hall–Kier alpha value is -0.860. The summed E-state index contributed by atoms with van der Waals surface area (Å²) < 4.78 is 5.56. The van der Waals surface area contributed by atoms with Crippen molar-refractivity contribution in [1.82, 2.24) is 5.32 Å². The summed E-state index contributed by atoms with van der Waals surface area (Å²) in [6.07, 6.45) is 2.79. The monoisotopic (exact) mass is 217 g/mol. The zero-order valence-corrected chi connectivity index (χ0v) is 9.78. The predicted octanol–water partition coefficient (Wildman–Crippen LogP) is 2.09. The first-order valence-electron chi connectivity index (χ1n) is 6.27. The number of nitrogens with one attached hydrogen (secondary N) is 1. The molecular weight excluding hydrogens is 198 g/mol. The second kappa shape index (κ2) is 4.19. The largest absolute Gasteiger partial charge is 0.377 e. The Bertz CT molecular complexity index is 377. The molecule has 1 heterocycles. The summed E-state index contributed by atoms with van der Waals surface area (Å²) in [4.78, 5) is 0. The first-order valence-corrected chi connectivity index (χ1v) is 6.27. The lowest BCUT2D eigenvalue weighted by atomic mass is 9.77. The lowest BCUT2D eigenvalue weighted by molar-refractivity contribution is 0.113. The van der Waals surface area contributed by atoms with E-state index in [-0.39, 0.29) is 0 Å². The van der Waals surface area contributed by atoms with Gasteiger partial charge in [0.1, 0.15) is 0 Å². The molecule has 3 unspecified atom stereocenters. The summed E-state index contributed by atoms with van der Waals surface area (Å²) in [5.74, 6) is 0.726. The van der Waals surface area contributed by atoms with Gasteiger partial charge in [-0.3, -0.25) is 0 Å². The van der Waals surface area contributed by atoms with Crippen molar-refractivity contribution in [3.8, 4) is 0 Å². The van der Waals surface area contributed by atoms with Crippen LogP contribution in [0.5, 0.6) is 0 Å². The van der Waals surface area contributed by atoms with Gasteiger partial charge in [-0.05, 0) is 30.9 Å². The van der Waals surface area contributed by atoms with Gasteiger partial charge < -0.3 is 10.1 Å². The molecule has 0 radical (unpaired) electrons. The highest BCUT2D eigenvalue weighted by atomic mass is 16.5. The maximum absolute atomic E-state index is 5.56. The van der Waals surface area contributed by atoms with Crippen LogP contribution in [0.25, 0.3) is 0 Å². The third-order valence-corrected chi connectivity index (χ3v) is 3.96. The van der Waals surface area contributed by atoms with Crippen molar-refractivity contribution in [2.45, 2.75) is 37.8 Å². The summed E-state index contributed by atoms with van der Waals surface area (Å²) in [5.41, 5.74) is 3.08. The number of rotatable bonds is 3. The van der Waals surface area contributed by atoms with E-state index in [1.54, 1.807) is 5.56 Å². The van der Waals surface area contributed by atoms with Gasteiger partial charge >= 0.3 is 0 Å². The SMILES string of the molecule is CC1OCCC1NCC1Cc2ccccc21. The van der Waals surface area contributed by atoms with Gasteiger partial charge in [-0.15, -0.1) is 0 Å². The van der Waals surface area contributed by atoms with Crippen molar-refractivity contribution in [2.24, 2.45) is 0 Å². The molecule has 3 atom stereocenters. The Balaban J connectivity index is 1.55. The van der Waals surface area contributed by atoms with Crippen LogP contribution >= 0.6 is 0 Å². The van der Waals surface area contributed by atoms with E-state index >= 15 is 0 Å². The highest BCUT2D eigenvalue weighted by molar-refractivity contribution is 5.40. The molecule has 1 aromatic carbocycles. The van der Waals surface area contributed by atoms with E-state index in [1.165, 1.54) is 12.0 Å². The van der Waals surface area contributed by atoms with Crippen molar-refractivity contribution in [3.05, 3.63) is 35.4 Å². The molecule has 1 N–H and O–H groups in total. The van der Waals surface area contributed by atoms with Gasteiger partial charge in [0.25, 0.3) is 0 Å². The quantitative estimate of drug-likeness (QED) is 0.837. The molecule has 0 aromatic heterocycles. The van der Waals surface area contributed by atoms with Crippen LogP contribution in [0.1, 0.15) is 30.4 Å². The van der Waals surface area contributed by atoms with Crippen LogP contribution in [0.3, 0.4) is 0 Å². The molecule has 0 spiro atoms. The van der Waals surface area contributed by atoms with Crippen molar-refractivity contribution >= 4 is 0 Å². The summed E-state index contributed by atoms with van der Waals surface area (Å²) >= 11 is 0. The van der Waals surface area contributed by atoms with Gasteiger partial charge in [-0.2, -0.15) is 0 Å². The predicted molar refractivity (Wildman–Crippen MR) is 64.7 cm³/mol. The molecular formula is C14H19NO. The molecule has 86 valence electrons. The Morgan fingerprint density at radius 2 is 2.25 bits per heavy atom.